The average molecular weight is 263 g/mol. The Labute approximate surface area is 110 Å². The van der Waals surface area contributed by atoms with Crippen LogP contribution in [0.3, 0.4) is 0 Å². The van der Waals surface area contributed by atoms with Crippen LogP contribution in [0.4, 0.5) is 0 Å². The Morgan fingerprint density at radius 2 is 1.75 bits per heavy atom. The molecule has 0 aromatic rings. The smallest absolute Gasteiger partial charge is 0.138 e. The fourth-order valence-corrected chi connectivity index (χ4v) is 2.56. The van der Waals surface area contributed by atoms with Crippen molar-refractivity contribution in [2.24, 2.45) is 0 Å². The van der Waals surface area contributed by atoms with Crippen LogP contribution in [0.2, 0.25) is 0 Å². The van der Waals surface area contributed by atoms with E-state index in [0.29, 0.717) is 0 Å². The molecule has 0 aliphatic carbocycles. The van der Waals surface area contributed by atoms with E-state index in [2.05, 4.69) is 18.7 Å². The maximum Gasteiger partial charge on any atom is 0.138 e. The van der Waals surface area contributed by atoms with Crippen LogP contribution in [-0.2, 0) is 4.74 Å². The van der Waals surface area contributed by atoms with Crippen molar-refractivity contribution in [3.63, 3.8) is 0 Å². The van der Waals surface area contributed by atoms with Gasteiger partial charge in [-0.2, -0.15) is 0 Å². The van der Waals surface area contributed by atoms with Gasteiger partial charge < -0.3 is 9.64 Å². The normalized spacial score (nSPS) is 12.5. The van der Waals surface area contributed by atoms with Gasteiger partial charge in [-0.1, -0.05) is 50.7 Å². The van der Waals surface area contributed by atoms with Crippen LogP contribution in [-0.4, -0.2) is 34.9 Å². The van der Waals surface area contributed by atoms with Crippen LogP contribution < -0.4 is 0 Å². The van der Waals surface area contributed by atoms with E-state index in [1.54, 1.807) is 18.9 Å². The lowest BCUT2D eigenvalue weighted by atomic mass is 10.3. The molecule has 0 aliphatic heterocycles. The number of thiocarbonyl (C=S) groups is 1. The average Bonchev–Trinajstić information content (AvgIpc) is 2.28. The second kappa shape index (κ2) is 10.4. The van der Waals surface area contributed by atoms with Crippen LogP contribution in [0.15, 0.2) is 0 Å². The number of methoxy groups -OCH3 is 1. The summed E-state index contributed by atoms with van der Waals surface area (Å²) in [6, 6.07) is 0. The molecule has 0 heterocycles. The lowest BCUT2D eigenvalue weighted by Crippen LogP contribution is -2.30. The van der Waals surface area contributed by atoms with E-state index in [4.69, 9.17) is 17.0 Å². The molecule has 16 heavy (non-hydrogen) atoms. The zero-order valence-corrected chi connectivity index (χ0v) is 12.6. The molecule has 0 saturated heterocycles. The molecule has 0 aromatic carbocycles. The first kappa shape index (κ1) is 16.2. The third-order valence-electron chi connectivity index (χ3n) is 2.42. The minimum atomic E-state index is 0.151. The summed E-state index contributed by atoms with van der Waals surface area (Å²) in [4.78, 5) is 2.32. The first-order chi connectivity index (χ1) is 7.65. The molecule has 2 nitrogen and oxygen atoms in total. The lowest BCUT2D eigenvalue weighted by Gasteiger charge is -2.25. The van der Waals surface area contributed by atoms with E-state index >= 15 is 0 Å². The zero-order valence-electron chi connectivity index (χ0n) is 11.0. The van der Waals surface area contributed by atoms with Crippen molar-refractivity contribution in [3.8, 4) is 0 Å². The number of thioether (sulfide) groups is 1. The molecule has 0 saturated carbocycles. The Balaban J connectivity index is 4.08. The Morgan fingerprint density at radius 3 is 2.12 bits per heavy atom. The molecular formula is C12H25NOS2. The summed E-state index contributed by atoms with van der Waals surface area (Å²) in [6.07, 6.45) is 4.86. The van der Waals surface area contributed by atoms with E-state index in [0.717, 1.165) is 17.4 Å². The number of nitrogens with zero attached hydrogens (tertiary/aromatic N) is 1. The first-order valence-electron chi connectivity index (χ1n) is 6.14. The van der Waals surface area contributed by atoms with Crippen molar-refractivity contribution in [2.45, 2.75) is 51.9 Å². The van der Waals surface area contributed by atoms with Gasteiger partial charge in [-0.25, -0.2) is 0 Å². The van der Waals surface area contributed by atoms with Crippen molar-refractivity contribution >= 4 is 28.3 Å². The van der Waals surface area contributed by atoms with Gasteiger partial charge >= 0.3 is 0 Å². The Kier molecular flexibility index (Phi) is 10.5. The lowest BCUT2D eigenvalue weighted by molar-refractivity contribution is 0.188. The third-order valence-corrected chi connectivity index (χ3v) is 3.95. The summed E-state index contributed by atoms with van der Waals surface area (Å²) in [5, 5.41) is 0. The van der Waals surface area contributed by atoms with Gasteiger partial charge in [0.05, 0.1) is 0 Å². The van der Waals surface area contributed by atoms with Crippen LogP contribution in [0.25, 0.3) is 0 Å². The van der Waals surface area contributed by atoms with Gasteiger partial charge in [-0.15, -0.1) is 0 Å². The highest BCUT2D eigenvalue weighted by Gasteiger charge is 2.12. The van der Waals surface area contributed by atoms with Gasteiger partial charge in [-0.3, -0.25) is 0 Å². The Hall–Kier alpha value is 0.200. The molecule has 0 fully saturated rings. The van der Waals surface area contributed by atoms with E-state index < -0.39 is 0 Å². The quantitative estimate of drug-likeness (QED) is 0.486. The van der Waals surface area contributed by atoms with Crippen LogP contribution in [0.5, 0.6) is 0 Å². The highest BCUT2D eigenvalue weighted by atomic mass is 32.2. The second-order valence-corrected chi connectivity index (χ2v) is 5.81. The van der Waals surface area contributed by atoms with Gasteiger partial charge in [0.15, 0.2) is 0 Å². The molecule has 0 bridgehead atoms. The monoisotopic (exact) mass is 263 g/mol. The fraction of sp³-hybridized carbons (Fsp3) is 0.917. The van der Waals surface area contributed by atoms with E-state index in [1.807, 2.05) is 6.92 Å². The molecule has 4 heteroatoms. The summed E-state index contributed by atoms with van der Waals surface area (Å²) in [5.74, 6) is 0. The fourth-order valence-electron chi connectivity index (χ4n) is 1.26. The number of hydrogen-bond acceptors (Lipinski definition) is 3. The minimum Gasteiger partial charge on any atom is -0.371 e. The SMILES string of the molecule is CCCCN(CCCC)C(=S)SC(C)OC. The molecule has 0 aromatic heterocycles. The van der Waals surface area contributed by atoms with Crippen LogP contribution in [0.1, 0.15) is 46.5 Å². The molecule has 1 atom stereocenters. The number of hydrogen-bond donors (Lipinski definition) is 0. The molecule has 0 N–H and O–H groups in total. The highest BCUT2D eigenvalue weighted by molar-refractivity contribution is 8.23. The third kappa shape index (κ3) is 7.47. The van der Waals surface area contributed by atoms with Gasteiger partial charge in [0, 0.05) is 20.2 Å². The Morgan fingerprint density at radius 1 is 1.25 bits per heavy atom. The largest absolute Gasteiger partial charge is 0.371 e. The van der Waals surface area contributed by atoms with Gasteiger partial charge in [0.25, 0.3) is 0 Å². The molecule has 0 radical (unpaired) electrons. The minimum absolute atomic E-state index is 0.151. The van der Waals surface area contributed by atoms with Gasteiger partial charge in [-0.05, 0) is 19.8 Å². The van der Waals surface area contributed by atoms with Crippen LogP contribution >= 0.6 is 24.0 Å². The van der Waals surface area contributed by atoms with Crippen molar-refractivity contribution in [2.75, 3.05) is 20.2 Å². The number of ether oxygens (including phenoxy) is 1. The number of unbranched alkanes of at least 4 members (excludes halogenated alkanes) is 2. The van der Waals surface area contributed by atoms with Crippen molar-refractivity contribution < 1.29 is 4.74 Å². The summed E-state index contributed by atoms with van der Waals surface area (Å²) in [7, 11) is 1.72. The number of rotatable bonds is 8. The molecular weight excluding hydrogens is 238 g/mol. The van der Waals surface area contributed by atoms with Crippen LogP contribution in [0, 0.1) is 0 Å². The molecule has 0 amide bonds. The maximum atomic E-state index is 5.45. The van der Waals surface area contributed by atoms with Crippen molar-refractivity contribution in [3.05, 3.63) is 0 Å². The molecule has 0 rings (SSSR count). The van der Waals surface area contributed by atoms with E-state index in [9.17, 15) is 0 Å². The van der Waals surface area contributed by atoms with Gasteiger partial charge in [0.2, 0.25) is 0 Å². The van der Waals surface area contributed by atoms with E-state index in [1.165, 1.54) is 25.7 Å². The standard InChI is InChI=1S/C12H25NOS2/c1-5-7-9-13(10-8-6-2)12(15)16-11(3)14-4/h11H,5-10H2,1-4H3. The zero-order chi connectivity index (χ0) is 12.4. The Bertz CT molecular complexity index is 180. The maximum absolute atomic E-state index is 5.45. The predicted molar refractivity (Wildman–Crippen MR) is 78.0 cm³/mol. The first-order valence-corrected chi connectivity index (χ1v) is 7.42. The van der Waals surface area contributed by atoms with Gasteiger partial charge in [0.1, 0.15) is 9.76 Å². The molecule has 0 spiro atoms. The van der Waals surface area contributed by atoms with Crippen molar-refractivity contribution in [1.29, 1.82) is 0 Å². The summed E-state index contributed by atoms with van der Waals surface area (Å²) >= 11 is 7.10. The molecule has 96 valence electrons. The predicted octanol–water partition coefficient (Wildman–Crippen LogP) is 3.90. The second-order valence-electron chi connectivity index (χ2n) is 3.88. The molecule has 0 aliphatic rings. The molecule has 1 unspecified atom stereocenters. The highest BCUT2D eigenvalue weighted by Crippen LogP contribution is 2.17. The van der Waals surface area contributed by atoms with E-state index in [-0.39, 0.29) is 5.44 Å². The summed E-state index contributed by atoms with van der Waals surface area (Å²) < 4.78 is 6.21. The summed E-state index contributed by atoms with van der Waals surface area (Å²) in [6.45, 7) is 8.63. The summed E-state index contributed by atoms with van der Waals surface area (Å²) in [5.41, 5.74) is 0.151. The topological polar surface area (TPSA) is 12.5 Å². The van der Waals surface area contributed by atoms with Crippen molar-refractivity contribution in [1.82, 2.24) is 4.90 Å².